The Balaban J connectivity index is 2.85. The normalized spacial score (nSPS) is 20.1. The Morgan fingerprint density at radius 1 is 1.25 bits per heavy atom. The molecular weight excluding hydrogens is 220 g/mol. The quantitative estimate of drug-likeness (QED) is 0.709. The summed E-state index contributed by atoms with van der Waals surface area (Å²) < 4.78 is 16.5. The minimum atomic E-state index is -2.49. The maximum atomic E-state index is 5.86. The second kappa shape index (κ2) is 4.73. The summed E-state index contributed by atoms with van der Waals surface area (Å²) in [4.78, 5) is 0. The molecule has 0 spiro atoms. The Labute approximate surface area is 99.5 Å². The van der Waals surface area contributed by atoms with Gasteiger partial charge in [0.15, 0.2) is 0 Å². The van der Waals surface area contributed by atoms with Crippen molar-refractivity contribution in [2.45, 2.75) is 33.7 Å². The molecule has 0 aliphatic heterocycles. The summed E-state index contributed by atoms with van der Waals surface area (Å²) >= 11 is 0. The van der Waals surface area contributed by atoms with Gasteiger partial charge in [0.05, 0.1) is 0 Å². The zero-order chi connectivity index (χ0) is 12.4. The van der Waals surface area contributed by atoms with Crippen LogP contribution in [0.25, 0.3) is 0 Å². The van der Waals surface area contributed by atoms with E-state index in [1.807, 2.05) is 6.55 Å². The van der Waals surface area contributed by atoms with Crippen LogP contribution in [0.5, 0.6) is 0 Å². The maximum Gasteiger partial charge on any atom is 0.562 e. The smallest absolute Gasteiger partial charge is 0.501 e. The number of rotatable bonds is 4. The van der Waals surface area contributed by atoms with Gasteiger partial charge in [0.25, 0.3) is 0 Å². The van der Waals surface area contributed by atoms with Gasteiger partial charge in [-0.15, -0.1) is 0 Å². The number of allylic oxidation sites excluding steroid dienone is 3. The molecule has 0 radical (unpaired) electrons. The fraction of sp³-hybridized carbons (Fsp3) is 0.667. The third kappa shape index (κ3) is 3.47. The highest BCUT2D eigenvalue weighted by Gasteiger charge is 2.36. The van der Waals surface area contributed by atoms with Crippen LogP contribution < -0.4 is 0 Å². The molecule has 1 aliphatic rings. The van der Waals surface area contributed by atoms with E-state index < -0.39 is 8.80 Å². The van der Waals surface area contributed by atoms with E-state index in [9.17, 15) is 0 Å². The van der Waals surface area contributed by atoms with Crippen LogP contribution in [0, 0.1) is 5.41 Å². The van der Waals surface area contributed by atoms with Gasteiger partial charge in [0.2, 0.25) is 0 Å². The lowest BCUT2D eigenvalue weighted by Crippen LogP contribution is -2.40. The summed E-state index contributed by atoms with van der Waals surface area (Å²) in [7, 11) is 0.762. The van der Waals surface area contributed by atoms with E-state index in [2.05, 4.69) is 32.9 Å². The Morgan fingerprint density at radius 2 is 1.81 bits per heavy atom. The van der Waals surface area contributed by atoms with Crippen molar-refractivity contribution in [3.63, 3.8) is 0 Å². The monoisotopic (exact) mass is 242 g/mol. The first-order valence-corrected chi connectivity index (χ1v) is 7.72. The zero-order valence-corrected chi connectivity index (χ0v) is 12.1. The topological polar surface area (TPSA) is 27.7 Å². The molecule has 92 valence electrons. The number of hydrogen-bond acceptors (Lipinski definition) is 3. The Bertz CT molecular complexity index is 314. The summed E-state index contributed by atoms with van der Waals surface area (Å²) in [6.45, 7) is 8.41. The Morgan fingerprint density at radius 3 is 2.25 bits per heavy atom. The van der Waals surface area contributed by atoms with Gasteiger partial charge in [-0.3, -0.25) is 0 Å². The van der Waals surface area contributed by atoms with Crippen LogP contribution in [-0.4, -0.2) is 23.0 Å². The van der Waals surface area contributed by atoms with E-state index >= 15 is 0 Å². The first-order valence-electron chi connectivity index (χ1n) is 5.49. The molecule has 3 nitrogen and oxygen atoms in total. The Hall–Kier alpha value is -0.583. The third-order valence-electron chi connectivity index (χ3n) is 2.70. The van der Waals surface area contributed by atoms with Crippen molar-refractivity contribution in [2.75, 3.05) is 14.2 Å². The average Bonchev–Trinajstić information content (AvgIpc) is 2.14. The average molecular weight is 242 g/mol. The molecule has 0 atom stereocenters. The lowest BCUT2D eigenvalue weighted by atomic mass is 9.82. The van der Waals surface area contributed by atoms with Crippen LogP contribution in [0.3, 0.4) is 0 Å². The largest absolute Gasteiger partial charge is 0.562 e. The van der Waals surface area contributed by atoms with E-state index in [1.54, 1.807) is 14.2 Å². The van der Waals surface area contributed by atoms with Crippen LogP contribution >= 0.6 is 0 Å². The predicted octanol–water partition coefficient (Wildman–Crippen LogP) is 3.12. The van der Waals surface area contributed by atoms with Crippen molar-refractivity contribution in [1.29, 1.82) is 0 Å². The zero-order valence-electron chi connectivity index (χ0n) is 11.1. The molecule has 0 heterocycles. The molecule has 0 unspecified atom stereocenters. The van der Waals surface area contributed by atoms with Gasteiger partial charge in [-0.1, -0.05) is 19.4 Å². The van der Waals surface area contributed by atoms with E-state index in [4.69, 9.17) is 13.3 Å². The molecule has 0 saturated heterocycles. The SMILES string of the molecule is CO[Si](C)(OC)OC1=CC(C)(C)CC(C)=C1. The highest BCUT2D eigenvalue weighted by molar-refractivity contribution is 6.59. The van der Waals surface area contributed by atoms with E-state index in [1.165, 1.54) is 5.57 Å². The van der Waals surface area contributed by atoms with Gasteiger partial charge < -0.3 is 13.3 Å². The van der Waals surface area contributed by atoms with Gasteiger partial charge in [0, 0.05) is 20.8 Å². The van der Waals surface area contributed by atoms with Crippen LogP contribution in [0.15, 0.2) is 23.5 Å². The summed E-state index contributed by atoms with van der Waals surface area (Å²) in [5.74, 6) is 0.867. The third-order valence-corrected chi connectivity index (χ3v) is 4.79. The van der Waals surface area contributed by atoms with Gasteiger partial charge in [-0.25, -0.2) is 0 Å². The maximum absolute atomic E-state index is 5.86. The first-order chi connectivity index (χ1) is 7.30. The van der Waals surface area contributed by atoms with Crippen molar-refractivity contribution in [1.82, 2.24) is 0 Å². The molecule has 0 amide bonds. The second-order valence-corrected chi connectivity index (χ2v) is 7.82. The standard InChI is InChI=1S/C12H22O3Si/c1-10-7-11(9-12(2,3)8-10)15-16(6,13-4)14-5/h7,9H,8H2,1-6H3. The molecule has 1 rings (SSSR count). The molecule has 0 aromatic heterocycles. The fourth-order valence-corrected chi connectivity index (χ4v) is 2.81. The lowest BCUT2D eigenvalue weighted by molar-refractivity contribution is 0.139. The van der Waals surface area contributed by atoms with Gasteiger partial charge >= 0.3 is 8.80 Å². The molecule has 0 aromatic rings. The van der Waals surface area contributed by atoms with Crippen molar-refractivity contribution in [2.24, 2.45) is 5.41 Å². The molecule has 0 saturated carbocycles. The van der Waals surface area contributed by atoms with Gasteiger partial charge in [0.1, 0.15) is 5.76 Å². The van der Waals surface area contributed by atoms with E-state index in [0.717, 1.165) is 12.2 Å². The van der Waals surface area contributed by atoms with Crippen LogP contribution in [-0.2, 0) is 13.3 Å². The molecule has 16 heavy (non-hydrogen) atoms. The molecule has 0 aromatic carbocycles. The van der Waals surface area contributed by atoms with Crippen LogP contribution in [0.4, 0.5) is 0 Å². The fourth-order valence-electron chi connectivity index (χ4n) is 1.93. The van der Waals surface area contributed by atoms with Gasteiger partial charge in [-0.05, 0) is 30.9 Å². The minimum absolute atomic E-state index is 0.144. The summed E-state index contributed by atoms with van der Waals surface area (Å²) in [5, 5.41) is 0. The second-order valence-electron chi connectivity index (χ2n) is 5.08. The predicted molar refractivity (Wildman–Crippen MR) is 67.0 cm³/mol. The van der Waals surface area contributed by atoms with Gasteiger partial charge in [-0.2, -0.15) is 0 Å². The van der Waals surface area contributed by atoms with Crippen molar-refractivity contribution < 1.29 is 13.3 Å². The summed E-state index contributed by atoms with van der Waals surface area (Å²) in [5.41, 5.74) is 1.47. The summed E-state index contributed by atoms with van der Waals surface area (Å²) in [6.07, 6.45) is 5.27. The molecule has 0 N–H and O–H groups in total. The highest BCUT2D eigenvalue weighted by Crippen LogP contribution is 2.34. The van der Waals surface area contributed by atoms with Crippen LogP contribution in [0.1, 0.15) is 27.2 Å². The minimum Gasteiger partial charge on any atom is -0.501 e. The molecule has 4 heteroatoms. The lowest BCUT2D eigenvalue weighted by Gasteiger charge is -2.30. The van der Waals surface area contributed by atoms with Crippen LogP contribution in [0.2, 0.25) is 6.55 Å². The highest BCUT2D eigenvalue weighted by atomic mass is 28.4. The van der Waals surface area contributed by atoms with Crippen molar-refractivity contribution in [3.05, 3.63) is 23.5 Å². The van der Waals surface area contributed by atoms with Crippen molar-refractivity contribution >= 4 is 8.80 Å². The molecule has 0 fully saturated rings. The Kier molecular flexibility index (Phi) is 3.99. The summed E-state index contributed by atoms with van der Waals surface area (Å²) in [6, 6.07) is 0. The first kappa shape index (κ1) is 13.5. The molecular formula is C12H22O3Si. The molecule has 1 aliphatic carbocycles. The van der Waals surface area contributed by atoms with Crippen molar-refractivity contribution in [3.8, 4) is 0 Å². The number of hydrogen-bond donors (Lipinski definition) is 0. The van der Waals surface area contributed by atoms with E-state index in [0.29, 0.717) is 0 Å². The molecule has 0 bridgehead atoms. The van der Waals surface area contributed by atoms with E-state index in [-0.39, 0.29) is 5.41 Å².